The maximum absolute atomic E-state index is 12.4. The van der Waals surface area contributed by atoms with Gasteiger partial charge >= 0.3 is 0 Å². The van der Waals surface area contributed by atoms with Crippen LogP contribution in [0.1, 0.15) is 52.9 Å². The van der Waals surface area contributed by atoms with Crippen molar-refractivity contribution in [1.82, 2.24) is 0 Å². The van der Waals surface area contributed by atoms with Crippen molar-refractivity contribution in [1.29, 1.82) is 0 Å². The minimum absolute atomic E-state index is 0.0294. The normalized spacial score (nSPS) is 51.6. The van der Waals surface area contributed by atoms with Gasteiger partial charge in [0.15, 0.2) is 17.9 Å². The van der Waals surface area contributed by atoms with Gasteiger partial charge in [0, 0.05) is 23.2 Å². The standard InChI is InChI=1S/C24H32O6/c1-13-29-20-9-18-17-5-4-14-8-15(26)6-7-22(14,2)21(17)19(28)11-23(18,3)24(20,30-13)10-16(27)12-25/h6-8,13,17-21,25,28H,4-5,9-12H2,1-3H3/t13?,17-,18-,19-,20+,21+,22-,23-,24+/m0/s1. The molecule has 4 fully saturated rings. The molecule has 30 heavy (non-hydrogen) atoms. The molecular formula is C24H32O6. The number of ether oxygens (including phenoxy) is 2. The molecule has 9 atom stereocenters. The lowest BCUT2D eigenvalue weighted by molar-refractivity contribution is -0.195. The van der Waals surface area contributed by atoms with Crippen LogP contribution in [0.4, 0.5) is 0 Å². The number of rotatable bonds is 3. The Balaban J connectivity index is 1.55. The van der Waals surface area contributed by atoms with Crippen LogP contribution < -0.4 is 0 Å². The highest BCUT2D eigenvalue weighted by atomic mass is 16.7. The average molecular weight is 417 g/mol. The van der Waals surface area contributed by atoms with Gasteiger partial charge in [-0.1, -0.05) is 25.5 Å². The van der Waals surface area contributed by atoms with E-state index in [1.54, 1.807) is 12.2 Å². The fourth-order valence-electron chi connectivity index (χ4n) is 8.02. The largest absolute Gasteiger partial charge is 0.393 e. The maximum atomic E-state index is 12.4. The van der Waals surface area contributed by atoms with Gasteiger partial charge in [0.2, 0.25) is 0 Å². The summed E-state index contributed by atoms with van der Waals surface area (Å²) in [6.07, 6.45) is 7.42. The van der Waals surface area contributed by atoms with E-state index in [2.05, 4.69) is 13.8 Å². The molecule has 0 aromatic carbocycles. The summed E-state index contributed by atoms with van der Waals surface area (Å²) in [4.78, 5) is 24.3. The number of hydrogen-bond acceptors (Lipinski definition) is 6. The van der Waals surface area contributed by atoms with Crippen LogP contribution in [0, 0.1) is 28.6 Å². The first kappa shape index (κ1) is 20.6. The van der Waals surface area contributed by atoms with Gasteiger partial charge in [-0.25, -0.2) is 0 Å². The minimum atomic E-state index is -0.807. The molecule has 0 bridgehead atoms. The van der Waals surface area contributed by atoms with Crippen molar-refractivity contribution < 1.29 is 29.3 Å². The van der Waals surface area contributed by atoms with Crippen LogP contribution in [0.2, 0.25) is 0 Å². The summed E-state index contributed by atoms with van der Waals surface area (Å²) in [5.74, 6) is 0.323. The number of fused-ring (bicyclic) bond motifs is 7. The molecule has 1 aliphatic heterocycles. The van der Waals surface area contributed by atoms with Crippen molar-refractivity contribution in [2.75, 3.05) is 6.61 Å². The fraction of sp³-hybridized carbons (Fsp3) is 0.750. The Morgan fingerprint density at radius 3 is 2.83 bits per heavy atom. The predicted octanol–water partition coefficient (Wildman–Crippen LogP) is 2.33. The van der Waals surface area contributed by atoms with Gasteiger partial charge in [-0.15, -0.1) is 0 Å². The number of aliphatic hydroxyl groups is 2. The molecule has 0 aromatic rings. The zero-order chi connectivity index (χ0) is 21.5. The van der Waals surface area contributed by atoms with Crippen LogP contribution in [-0.4, -0.2) is 52.5 Å². The van der Waals surface area contributed by atoms with E-state index in [1.807, 2.05) is 13.0 Å². The highest BCUT2D eigenvalue weighted by Gasteiger charge is 2.73. The number of Topliss-reactive ketones (excluding diaryl/α,β-unsaturated/α-hetero) is 1. The molecule has 5 rings (SSSR count). The first-order valence-corrected chi connectivity index (χ1v) is 11.2. The highest BCUT2D eigenvalue weighted by molar-refractivity contribution is 6.01. The summed E-state index contributed by atoms with van der Waals surface area (Å²) >= 11 is 0. The molecule has 0 aromatic heterocycles. The summed E-state index contributed by atoms with van der Waals surface area (Å²) in [5.41, 5.74) is -0.417. The second kappa shape index (κ2) is 6.58. The van der Waals surface area contributed by atoms with Gasteiger partial charge in [0.1, 0.15) is 12.2 Å². The van der Waals surface area contributed by atoms with Crippen LogP contribution in [0.15, 0.2) is 23.8 Å². The third-order valence-corrected chi connectivity index (χ3v) is 9.21. The first-order chi connectivity index (χ1) is 14.1. The van der Waals surface area contributed by atoms with Crippen LogP contribution in [0.5, 0.6) is 0 Å². The number of carbonyl (C=O) groups excluding carboxylic acids is 2. The third kappa shape index (κ3) is 2.51. The number of allylic oxidation sites excluding steroid dienone is 4. The molecule has 1 saturated heterocycles. The van der Waals surface area contributed by atoms with Crippen molar-refractivity contribution in [3.8, 4) is 0 Å². The molecule has 4 aliphatic carbocycles. The quantitative estimate of drug-likeness (QED) is 0.734. The van der Waals surface area contributed by atoms with E-state index in [4.69, 9.17) is 9.47 Å². The van der Waals surface area contributed by atoms with E-state index in [0.29, 0.717) is 6.42 Å². The summed E-state index contributed by atoms with van der Waals surface area (Å²) in [7, 11) is 0. The van der Waals surface area contributed by atoms with Crippen LogP contribution in [-0.2, 0) is 19.1 Å². The van der Waals surface area contributed by atoms with Crippen molar-refractivity contribution in [3.05, 3.63) is 23.8 Å². The fourth-order valence-corrected chi connectivity index (χ4v) is 8.02. The number of carbonyl (C=O) groups is 2. The number of aliphatic hydroxyl groups excluding tert-OH is 2. The molecule has 1 unspecified atom stereocenters. The van der Waals surface area contributed by atoms with Crippen molar-refractivity contribution in [3.63, 3.8) is 0 Å². The first-order valence-electron chi connectivity index (χ1n) is 11.2. The predicted molar refractivity (Wildman–Crippen MR) is 108 cm³/mol. The van der Waals surface area contributed by atoms with Crippen molar-refractivity contribution in [2.45, 2.75) is 77.0 Å². The highest BCUT2D eigenvalue weighted by Crippen LogP contribution is 2.70. The Morgan fingerprint density at radius 2 is 2.10 bits per heavy atom. The SMILES string of the molecule is CC1O[C@@H]2C[C@H]3[C@@H]4CCC5=CC(=O)C=C[C@]5(C)[C@H]4[C@@H](O)C[C@]3(C)[C@]2(CC(=O)CO)O1. The minimum Gasteiger partial charge on any atom is -0.393 e. The molecule has 164 valence electrons. The zero-order valence-corrected chi connectivity index (χ0v) is 18.0. The molecule has 1 heterocycles. The van der Waals surface area contributed by atoms with Crippen LogP contribution in [0.25, 0.3) is 0 Å². The summed E-state index contributed by atoms with van der Waals surface area (Å²) in [6, 6.07) is 0. The molecule has 0 amide bonds. The Labute approximate surface area is 177 Å². The Bertz CT molecular complexity index is 847. The Morgan fingerprint density at radius 1 is 1.33 bits per heavy atom. The lowest BCUT2D eigenvalue weighted by atomic mass is 9.46. The van der Waals surface area contributed by atoms with E-state index in [0.717, 1.165) is 24.8 Å². The Kier molecular flexibility index (Phi) is 4.51. The van der Waals surface area contributed by atoms with Gasteiger partial charge in [-0.2, -0.15) is 0 Å². The lowest BCUT2D eigenvalue weighted by Crippen LogP contribution is -2.61. The van der Waals surface area contributed by atoms with Crippen LogP contribution >= 0.6 is 0 Å². The van der Waals surface area contributed by atoms with Gasteiger partial charge in [-0.3, -0.25) is 9.59 Å². The smallest absolute Gasteiger partial charge is 0.178 e. The van der Waals surface area contributed by atoms with E-state index in [-0.39, 0.29) is 47.3 Å². The summed E-state index contributed by atoms with van der Waals surface area (Å²) in [6.45, 7) is 5.65. The van der Waals surface area contributed by atoms with E-state index >= 15 is 0 Å². The molecule has 6 heteroatoms. The van der Waals surface area contributed by atoms with Gasteiger partial charge < -0.3 is 19.7 Å². The molecule has 3 saturated carbocycles. The van der Waals surface area contributed by atoms with Crippen molar-refractivity contribution in [2.24, 2.45) is 28.6 Å². The number of ketones is 2. The summed E-state index contributed by atoms with van der Waals surface area (Å²) < 4.78 is 12.5. The van der Waals surface area contributed by atoms with E-state index in [9.17, 15) is 19.8 Å². The van der Waals surface area contributed by atoms with Gasteiger partial charge in [0.05, 0.1) is 12.2 Å². The molecule has 0 radical (unpaired) electrons. The lowest BCUT2D eigenvalue weighted by Gasteiger charge is -2.60. The van der Waals surface area contributed by atoms with Gasteiger partial charge in [-0.05, 0) is 56.6 Å². The maximum Gasteiger partial charge on any atom is 0.178 e. The summed E-state index contributed by atoms with van der Waals surface area (Å²) in [5, 5.41) is 20.9. The number of hydrogen-bond donors (Lipinski definition) is 2. The van der Waals surface area contributed by atoms with Crippen LogP contribution in [0.3, 0.4) is 0 Å². The monoisotopic (exact) mass is 416 g/mol. The van der Waals surface area contributed by atoms with Crippen molar-refractivity contribution >= 4 is 11.6 Å². The van der Waals surface area contributed by atoms with E-state index in [1.165, 1.54) is 0 Å². The average Bonchev–Trinajstić information content (AvgIpc) is 3.11. The zero-order valence-electron chi connectivity index (χ0n) is 18.0. The second-order valence-corrected chi connectivity index (χ2v) is 10.5. The molecular weight excluding hydrogens is 384 g/mol. The molecule has 6 nitrogen and oxygen atoms in total. The molecule has 0 spiro atoms. The second-order valence-electron chi connectivity index (χ2n) is 10.5. The molecule has 2 N–H and O–H groups in total. The van der Waals surface area contributed by atoms with E-state index < -0.39 is 30.0 Å². The molecule has 5 aliphatic rings. The third-order valence-electron chi connectivity index (χ3n) is 9.21. The topological polar surface area (TPSA) is 93.1 Å². The van der Waals surface area contributed by atoms with Gasteiger partial charge in [0.25, 0.3) is 0 Å². The Hall–Kier alpha value is -1.34.